The number of rotatable bonds is 7. The van der Waals surface area contributed by atoms with Crippen LogP contribution in [0.4, 0.5) is 9.18 Å². The van der Waals surface area contributed by atoms with Crippen LogP contribution in [-0.4, -0.2) is 37.4 Å². The summed E-state index contributed by atoms with van der Waals surface area (Å²) < 4.78 is 24.4. The Hall–Kier alpha value is -1.82. The Morgan fingerprint density at radius 1 is 1.42 bits per heavy atom. The summed E-state index contributed by atoms with van der Waals surface area (Å²) in [5, 5.41) is 2.95. The highest BCUT2D eigenvalue weighted by Crippen LogP contribution is 2.30. The summed E-state index contributed by atoms with van der Waals surface area (Å²) in [7, 11) is 0. The van der Waals surface area contributed by atoms with Gasteiger partial charge in [-0.2, -0.15) is 0 Å². The van der Waals surface area contributed by atoms with Crippen LogP contribution in [0.3, 0.4) is 0 Å². The molecule has 0 saturated heterocycles. The highest BCUT2D eigenvalue weighted by atomic mass is 19.1. The number of hydrogen-bond acceptors (Lipinski definition) is 3. The van der Waals surface area contributed by atoms with Gasteiger partial charge in [-0.25, -0.2) is 9.18 Å². The second-order valence-electron chi connectivity index (χ2n) is 6.54. The fraction of sp³-hybridized carbons (Fsp3) is 0.611. The van der Waals surface area contributed by atoms with Gasteiger partial charge in [-0.15, -0.1) is 0 Å². The molecular formula is C18H25FN2O3. The van der Waals surface area contributed by atoms with E-state index >= 15 is 0 Å². The Morgan fingerprint density at radius 2 is 2.25 bits per heavy atom. The van der Waals surface area contributed by atoms with Crippen LogP contribution in [0.15, 0.2) is 12.1 Å². The molecule has 1 saturated carbocycles. The van der Waals surface area contributed by atoms with Gasteiger partial charge < -0.3 is 19.7 Å². The van der Waals surface area contributed by atoms with Crippen LogP contribution >= 0.6 is 0 Å². The molecule has 1 N–H and O–H groups in total. The largest absolute Gasteiger partial charge is 0.467 e. The van der Waals surface area contributed by atoms with E-state index in [0.717, 1.165) is 30.6 Å². The predicted molar refractivity (Wildman–Crippen MR) is 88.4 cm³/mol. The average molecular weight is 336 g/mol. The van der Waals surface area contributed by atoms with E-state index in [1.807, 2.05) is 4.90 Å². The second kappa shape index (κ2) is 7.83. The average Bonchev–Trinajstić information content (AvgIpc) is 3.38. The molecule has 1 aromatic carbocycles. The molecule has 0 unspecified atom stereocenters. The first kappa shape index (κ1) is 17.0. The van der Waals surface area contributed by atoms with Gasteiger partial charge in [0.1, 0.15) is 11.6 Å². The molecule has 132 valence electrons. The van der Waals surface area contributed by atoms with E-state index in [2.05, 4.69) is 12.2 Å². The van der Waals surface area contributed by atoms with Crippen LogP contribution in [0.5, 0.6) is 5.75 Å². The zero-order valence-corrected chi connectivity index (χ0v) is 14.1. The molecule has 2 aliphatic rings. The number of fused-ring (bicyclic) bond motifs is 1. The van der Waals surface area contributed by atoms with Gasteiger partial charge in [-0.05, 0) is 49.3 Å². The van der Waals surface area contributed by atoms with Crippen LogP contribution in [0.1, 0.15) is 37.3 Å². The monoisotopic (exact) mass is 336 g/mol. The molecule has 0 bridgehead atoms. The zero-order chi connectivity index (χ0) is 16.9. The van der Waals surface area contributed by atoms with Crippen molar-refractivity contribution in [2.24, 2.45) is 5.92 Å². The molecule has 1 fully saturated rings. The van der Waals surface area contributed by atoms with Crippen molar-refractivity contribution in [3.63, 3.8) is 0 Å². The number of ether oxygens (including phenoxy) is 2. The van der Waals surface area contributed by atoms with E-state index in [9.17, 15) is 9.18 Å². The molecule has 1 aliphatic heterocycles. The molecule has 0 atom stereocenters. The number of nitrogens with one attached hydrogen (secondary N) is 1. The third-order valence-electron chi connectivity index (χ3n) is 4.38. The predicted octanol–water partition coefficient (Wildman–Crippen LogP) is 3.07. The van der Waals surface area contributed by atoms with Gasteiger partial charge in [0.25, 0.3) is 0 Å². The minimum Gasteiger partial charge on any atom is -0.467 e. The lowest BCUT2D eigenvalue weighted by Crippen LogP contribution is -2.42. The Morgan fingerprint density at radius 3 is 3.00 bits per heavy atom. The van der Waals surface area contributed by atoms with E-state index < -0.39 is 0 Å². The second-order valence-corrected chi connectivity index (χ2v) is 6.54. The third-order valence-corrected chi connectivity index (χ3v) is 4.38. The van der Waals surface area contributed by atoms with Crippen molar-refractivity contribution < 1.29 is 18.7 Å². The Labute approximate surface area is 142 Å². The molecule has 0 aromatic heterocycles. The number of carbonyl (C=O) groups is 1. The number of halogens is 1. The number of benzene rings is 1. The topological polar surface area (TPSA) is 50.8 Å². The molecule has 0 radical (unpaired) electrons. The van der Waals surface area contributed by atoms with Gasteiger partial charge in [-0.3, -0.25) is 0 Å². The first-order valence-electron chi connectivity index (χ1n) is 8.72. The standard InChI is InChI=1S/C18H25FN2O3/c1-2-7-21(10-13-3-4-13)18(22)20-6-5-14-8-16(19)9-15-11-23-12-24-17(14)15/h8-9,13H,2-7,10-12H2,1H3,(H,20,22). The van der Waals surface area contributed by atoms with Crippen molar-refractivity contribution in [2.75, 3.05) is 26.4 Å². The maximum Gasteiger partial charge on any atom is 0.317 e. The van der Waals surface area contributed by atoms with Gasteiger partial charge >= 0.3 is 6.03 Å². The van der Waals surface area contributed by atoms with Gasteiger partial charge in [0.05, 0.1) is 6.61 Å². The molecule has 0 spiro atoms. The Kier molecular flexibility index (Phi) is 5.56. The van der Waals surface area contributed by atoms with Crippen LogP contribution < -0.4 is 10.1 Å². The maximum atomic E-state index is 13.7. The summed E-state index contributed by atoms with van der Waals surface area (Å²) in [6.45, 7) is 4.70. The maximum absolute atomic E-state index is 13.7. The molecule has 24 heavy (non-hydrogen) atoms. The van der Waals surface area contributed by atoms with E-state index in [1.54, 1.807) is 0 Å². The first-order valence-corrected chi connectivity index (χ1v) is 8.72. The van der Waals surface area contributed by atoms with E-state index in [4.69, 9.17) is 9.47 Å². The first-order chi connectivity index (χ1) is 11.7. The van der Waals surface area contributed by atoms with E-state index in [-0.39, 0.29) is 18.6 Å². The molecule has 1 aromatic rings. The van der Waals surface area contributed by atoms with Crippen molar-refractivity contribution in [1.29, 1.82) is 0 Å². The van der Waals surface area contributed by atoms with Gasteiger partial charge in [0.15, 0.2) is 6.79 Å². The smallest absolute Gasteiger partial charge is 0.317 e. The van der Waals surface area contributed by atoms with E-state index in [0.29, 0.717) is 31.2 Å². The highest BCUT2D eigenvalue weighted by Gasteiger charge is 2.26. The normalized spacial score (nSPS) is 16.2. The summed E-state index contributed by atoms with van der Waals surface area (Å²) in [5.74, 6) is 1.07. The van der Waals surface area contributed by atoms with Gasteiger partial charge in [-0.1, -0.05) is 6.92 Å². The van der Waals surface area contributed by atoms with Crippen LogP contribution in [0.2, 0.25) is 0 Å². The van der Waals surface area contributed by atoms with Crippen molar-refractivity contribution in [3.05, 3.63) is 29.1 Å². The highest BCUT2D eigenvalue weighted by molar-refractivity contribution is 5.74. The number of carbonyl (C=O) groups excluding carboxylic acids is 1. The minimum absolute atomic E-state index is 0.0294. The quantitative estimate of drug-likeness (QED) is 0.832. The van der Waals surface area contributed by atoms with E-state index in [1.165, 1.54) is 25.0 Å². The van der Waals surface area contributed by atoms with Crippen molar-refractivity contribution >= 4 is 6.03 Å². The fourth-order valence-corrected chi connectivity index (χ4v) is 3.02. The molecule has 2 amide bonds. The molecule has 3 rings (SSSR count). The third kappa shape index (κ3) is 4.38. The van der Waals surface area contributed by atoms with Gasteiger partial charge in [0.2, 0.25) is 0 Å². The van der Waals surface area contributed by atoms with Crippen molar-refractivity contribution in [1.82, 2.24) is 10.2 Å². The lowest BCUT2D eigenvalue weighted by Gasteiger charge is -2.23. The summed E-state index contributed by atoms with van der Waals surface area (Å²) >= 11 is 0. The number of urea groups is 1. The lowest BCUT2D eigenvalue weighted by molar-refractivity contribution is -0.0172. The number of nitrogens with zero attached hydrogens (tertiary/aromatic N) is 1. The van der Waals surface area contributed by atoms with Gasteiger partial charge in [0, 0.05) is 25.2 Å². The summed E-state index contributed by atoms with van der Waals surface area (Å²) in [6, 6.07) is 2.89. The molecule has 1 aliphatic carbocycles. The lowest BCUT2D eigenvalue weighted by atomic mass is 10.1. The van der Waals surface area contributed by atoms with Crippen molar-refractivity contribution in [2.45, 2.75) is 39.2 Å². The molecule has 6 heteroatoms. The summed E-state index contributed by atoms with van der Waals surface area (Å²) in [4.78, 5) is 14.2. The Balaban J connectivity index is 1.55. The summed E-state index contributed by atoms with van der Waals surface area (Å²) in [6.07, 6.45) is 3.94. The van der Waals surface area contributed by atoms with Crippen LogP contribution in [0, 0.1) is 11.7 Å². The minimum atomic E-state index is -0.300. The van der Waals surface area contributed by atoms with Crippen LogP contribution in [0.25, 0.3) is 0 Å². The van der Waals surface area contributed by atoms with Crippen LogP contribution in [-0.2, 0) is 17.8 Å². The molecule has 5 nitrogen and oxygen atoms in total. The number of amides is 2. The SMILES string of the molecule is CCCN(CC1CC1)C(=O)NCCc1cc(F)cc2c1OCOC2. The Bertz CT molecular complexity index is 590. The number of hydrogen-bond donors (Lipinski definition) is 1. The zero-order valence-electron chi connectivity index (χ0n) is 14.1. The van der Waals surface area contributed by atoms with Crippen molar-refractivity contribution in [3.8, 4) is 5.75 Å². The fourth-order valence-electron chi connectivity index (χ4n) is 3.02. The molecule has 1 heterocycles. The molecular weight excluding hydrogens is 311 g/mol. The summed E-state index contributed by atoms with van der Waals surface area (Å²) in [5.41, 5.74) is 1.50.